The van der Waals surface area contributed by atoms with Gasteiger partial charge in [-0.2, -0.15) is 0 Å². The van der Waals surface area contributed by atoms with Gasteiger partial charge in [0.1, 0.15) is 11.6 Å². The van der Waals surface area contributed by atoms with Crippen LogP contribution in [0.2, 0.25) is 0 Å². The Hall–Kier alpha value is -1.31. The number of anilines is 2. The van der Waals surface area contributed by atoms with Crippen LogP contribution in [0.25, 0.3) is 0 Å². The molecule has 0 atom stereocenters. The van der Waals surface area contributed by atoms with Crippen LogP contribution in [0.15, 0.2) is 40.0 Å². The number of halogens is 1. The van der Waals surface area contributed by atoms with E-state index in [-0.39, 0.29) is 0 Å². The van der Waals surface area contributed by atoms with E-state index >= 15 is 0 Å². The number of rotatable bonds is 5. The molecular weight excluding hydrogens is 338 g/mol. The Morgan fingerprint density at radius 3 is 2.60 bits per heavy atom. The number of nitrogen functional groups attached to an aromatic ring is 1. The molecule has 2 rings (SSSR count). The minimum atomic E-state index is 0.613. The molecule has 0 aliphatic heterocycles. The molecule has 2 aromatic rings. The van der Waals surface area contributed by atoms with Crippen molar-refractivity contribution >= 4 is 39.3 Å². The standard InChI is InChI=1S/C13H16BrN5S/c1-19(8-9-3-5-10(14)6-4-9)12-7-11(18-15)16-13(17-12)20-2/h3-7H,8,15H2,1-2H3,(H,16,17,18). The fourth-order valence-corrected chi connectivity index (χ4v) is 2.36. The summed E-state index contributed by atoms with van der Waals surface area (Å²) in [6, 6.07) is 10.1. The van der Waals surface area contributed by atoms with Crippen molar-refractivity contribution in [3.8, 4) is 0 Å². The van der Waals surface area contributed by atoms with Gasteiger partial charge in [0.15, 0.2) is 5.16 Å². The molecule has 7 heteroatoms. The van der Waals surface area contributed by atoms with Crippen LogP contribution in [-0.4, -0.2) is 23.3 Å². The number of benzene rings is 1. The zero-order valence-corrected chi connectivity index (χ0v) is 13.7. The Morgan fingerprint density at radius 2 is 2.00 bits per heavy atom. The van der Waals surface area contributed by atoms with Crippen molar-refractivity contribution in [2.75, 3.05) is 23.6 Å². The number of thioether (sulfide) groups is 1. The summed E-state index contributed by atoms with van der Waals surface area (Å²) in [7, 11) is 1.99. The second kappa shape index (κ2) is 6.92. The number of hydrogen-bond donors (Lipinski definition) is 2. The van der Waals surface area contributed by atoms with E-state index in [0.717, 1.165) is 16.8 Å². The van der Waals surface area contributed by atoms with Crippen LogP contribution in [0.5, 0.6) is 0 Å². The quantitative estimate of drug-likeness (QED) is 0.373. The molecule has 5 nitrogen and oxygen atoms in total. The summed E-state index contributed by atoms with van der Waals surface area (Å²) in [5.74, 6) is 6.88. The summed E-state index contributed by atoms with van der Waals surface area (Å²) in [6.07, 6.45) is 1.94. The second-order valence-corrected chi connectivity index (χ2v) is 5.91. The van der Waals surface area contributed by atoms with E-state index in [0.29, 0.717) is 11.0 Å². The maximum absolute atomic E-state index is 5.44. The van der Waals surface area contributed by atoms with Crippen LogP contribution in [0.4, 0.5) is 11.6 Å². The van der Waals surface area contributed by atoms with Gasteiger partial charge < -0.3 is 10.3 Å². The molecule has 1 aromatic heterocycles. The summed E-state index contributed by atoms with van der Waals surface area (Å²) in [5.41, 5.74) is 3.78. The molecule has 0 aliphatic carbocycles. The van der Waals surface area contributed by atoms with Crippen molar-refractivity contribution in [1.29, 1.82) is 0 Å². The van der Waals surface area contributed by atoms with Crippen LogP contribution < -0.4 is 16.2 Å². The Bertz CT molecular complexity index is 553. The van der Waals surface area contributed by atoms with Gasteiger partial charge in [0.2, 0.25) is 0 Å². The van der Waals surface area contributed by atoms with Gasteiger partial charge >= 0.3 is 0 Å². The fraction of sp³-hybridized carbons (Fsp3) is 0.231. The molecular formula is C13H16BrN5S. The van der Waals surface area contributed by atoms with Gasteiger partial charge in [0, 0.05) is 24.1 Å². The molecule has 0 saturated heterocycles. The lowest BCUT2D eigenvalue weighted by Crippen LogP contribution is -2.19. The summed E-state index contributed by atoms with van der Waals surface area (Å²) in [4.78, 5) is 10.8. The Kier molecular flexibility index (Phi) is 5.22. The summed E-state index contributed by atoms with van der Waals surface area (Å²) in [5, 5.41) is 0.693. The van der Waals surface area contributed by atoms with Gasteiger partial charge in [-0.25, -0.2) is 15.8 Å². The number of nitrogens with one attached hydrogen (secondary N) is 1. The number of aromatic nitrogens is 2. The first-order valence-corrected chi connectivity index (χ1v) is 7.99. The summed E-state index contributed by atoms with van der Waals surface area (Å²) < 4.78 is 1.07. The molecule has 106 valence electrons. The predicted octanol–water partition coefficient (Wildman–Crippen LogP) is 2.88. The predicted molar refractivity (Wildman–Crippen MR) is 87.9 cm³/mol. The molecule has 20 heavy (non-hydrogen) atoms. The minimum Gasteiger partial charge on any atom is -0.355 e. The highest BCUT2D eigenvalue weighted by Crippen LogP contribution is 2.21. The zero-order chi connectivity index (χ0) is 14.5. The van der Waals surface area contributed by atoms with E-state index in [1.807, 2.05) is 31.5 Å². The van der Waals surface area contributed by atoms with E-state index in [4.69, 9.17) is 5.84 Å². The largest absolute Gasteiger partial charge is 0.355 e. The van der Waals surface area contributed by atoms with E-state index in [1.54, 1.807) is 0 Å². The molecule has 0 amide bonds. The molecule has 0 bridgehead atoms. The van der Waals surface area contributed by atoms with Crippen LogP contribution >= 0.6 is 27.7 Å². The summed E-state index contributed by atoms with van der Waals surface area (Å²) in [6.45, 7) is 0.766. The van der Waals surface area contributed by atoms with Gasteiger partial charge in [-0.15, -0.1) is 0 Å². The molecule has 1 heterocycles. The van der Waals surface area contributed by atoms with Gasteiger partial charge in [-0.3, -0.25) is 0 Å². The first-order chi connectivity index (χ1) is 9.62. The molecule has 0 saturated carbocycles. The third kappa shape index (κ3) is 3.84. The van der Waals surface area contributed by atoms with Crippen molar-refractivity contribution in [3.63, 3.8) is 0 Å². The SMILES string of the molecule is CSc1nc(NN)cc(N(C)Cc2ccc(Br)cc2)n1. The molecule has 0 spiro atoms. The van der Waals surface area contributed by atoms with Crippen LogP contribution in [0.1, 0.15) is 5.56 Å². The summed E-state index contributed by atoms with van der Waals surface area (Å²) >= 11 is 4.92. The van der Waals surface area contributed by atoms with Gasteiger partial charge in [0.25, 0.3) is 0 Å². The number of hydrazine groups is 1. The molecule has 1 aromatic carbocycles. The Balaban J connectivity index is 2.19. The maximum Gasteiger partial charge on any atom is 0.191 e. The first kappa shape index (κ1) is 15.1. The van der Waals surface area contributed by atoms with E-state index in [1.165, 1.54) is 17.3 Å². The van der Waals surface area contributed by atoms with E-state index in [2.05, 4.69) is 48.4 Å². The first-order valence-electron chi connectivity index (χ1n) is 5.97. The lowest BCUT2D eigenvalue weighted by atomic mass is 10.2. The maximum atomic E-state index is 5.44. The van der Waals surface area contributed by atoms with Crippen molar-refractivity contribution in [3.05, 3.63) is 40.4 Å². The minimum absolute atomic E-state index is 0.613. The average Bonchev–Trinajstić information content (AvgIpc) is 2.48. The highest BCUT2D eigenvalue weighted by molar-refractivity contribution is 9.10. The van der Waals surface area contributed by atoms with Crippen LogP contribution in [0.3, 0.4) is 0 Å². The molecule has 0 unspecified atom stereocenters. The highest BCUT2D eigenvalue weighted by atomic mass is 79.9. The van der Waals surface area contributed by atoms with Crippen molar-refractivity contribution in [2.24, 2.45) is 5.84 Å². The van der Waals surface area contributed by atoms with E-state index < -0.39 is 0 Å². The van der Waals surface area contributed by atoms with E-state index in [9.17, 15) is 0 Å². The van der Waals surface area contributed by atoms with Crippen LogP contribution in [0, 0.1) is 0 Å². The highest BCUT2D eigenvalue weighted by Gasteiger charge is 2.08. The van der Waals surface area contributed by atoms with Gasteiger partial charge in [0.05, 0.1) is 0 Å². The Labute approximate surface area is 131 Å². The topological polar surface area (TPSA) is 67.1 Å². The number of nitrogens with zero attached hydrogens (tertiary/aromatic N) is 3. The second-order valence-electron chi connectivity index (χ2n) is 4.22. The van der Waals surface area contributed by atoms with Gasteiger partial charge in [-0.05, 0) is 24.0 Å². The fourth-order valence-electron chi connectivity index (χ4n) is 1.72. The average molecular weight is 354 g/mol. The van der Waals surface area contributed by atoms with Crippen molar-refractivity contribution < 1.29 is 0 Å². The normalized spacial score (nSPS) is 10.4. The van der Waals surface area contributed by atoms with Gasteiger partial charge in [-0.1, -0.05) is 39.8 Å². The number of hydrogen-bond acceptors (Lipinski definition) is 6. The number of nitrogens with two attached hydrogens (primary N) is 1. The monoisotopic (exact) mass is 353 g/mol. The molecule has 0 fully saturated rings. The molecule has 0 aliphatic rings. The van der Waals surface area contributed by atoms with Crippen molar-refractivity contribution in [1.82, 2.24) is 9.97 Å². The lowest BCUT2D eigenvalue weighted by molar-refractivity contribution is 0.857. The lowest BCUT2D eigenvalue weighted by Gasteiger charge is -2.19. The van der Waals surface area contributed by atoms with Crippen molar-refractivity contribution in [2.45, 2.75) is 11.7 Å². The third-order valence-electron chi connectivity index (χ3n) is 2.75. The van der Waals surface area contributed by atoms with Crippen LogP contribution in [-0.2, 0) is 6.54 Å². The molecule has 3 N–H and O–H groups in total. The smallest absolute Gasteiger partial charge is 0.191 e. The Morgan fingerprint density at radius 1 is 1.30 bits per heavy atom. The third-order valence-corrected chi connectivity index (χ3v) is 3.82. The zero-order valence-electron chi connectivity index (χ0n) is 11.3. The molecule has 0 radical (unpaired) electrons.